The molecule has 3 heterocycles. The van der Waals surface area contributed by atoms with E-state index in [9.17, 15) is 9.59 Å². The van der Waals surface area contributed by atoms with Crippen molar-refractivity contribution in [3.05, 3.63) is 41.1 Å². The number of aromatic nitrogens is 1. The maximum atomic E-state index is 13.2. The fraction of sp³-hybridized carbons (Fsp3) is 0.522. The van der Waals surface area contributed by atoms with E-state index in [0.717, 1.165) is 61.3 Å². The second-order valence-corrected chi connectivity index (χ2v) is 7.94. The molecule has 0 aliphatic carbocycles. The van der Waals surface area contributed by atoms with Crippen molar-refractivity contribution in [2.75, 3.05) is 52.4 Å². The lowest BCUT2D eigenvalue weighted by Gasteiger charge is -2.34. The monoisotopic (exact) mass is 410 g/mol. The number of piperazine rings is 1. The Hall–Kier alpha value is -2.51. The summed E-state index contributed by atoms with van der Waals surface area (Å²) < 4.78 is 5.55. The van der Waals surface area contributed by atoms with Crippen molar-refractivity contribution in [1.29, 1.82) is 0 Å². The molecular formula is C23H30N4O3. The van der Waals surface area contributed by atoms with Gasteiger partial charge in [-0.1, -0.05) is 32.0 Å². The molecule has 0 saturated carbocycles. The number of esters is 1. The molecule has 1 saturated heterocycles. The third-order valence-corrected chi connectivity index (χ3v) is 6.28. The standard InChI is InChI=1S/C23H30N4O3/c1-3-25-11-13-27(14-12-25)21(28)16-30-23(29)22-17-7-5-6-8-19(17)24-20-9-10-26(4-2)15-18(20)22/h5-8H,3-4,9-16H2,1-2H3. The molecule has 0 unspecified atom stereocenters. The molecule has 1 aromatic carbocycles. The summed E-state index contributed by atoms with van der Waals surface area (Å²) in [6.45, 7) is 10.7. The van der Waals surface area contributed by atoms with Gasteiger partial charge < -0.3 is 14.5 Å². The van der Waals surface area contributed by atoms with Crippen LogP contribution in [0.15, 0.2) is 24.3 Å². The van der Waals surface area contributed by atoms with E-state index in [4.69, 9.17) is 9.72 Å². The highest BCUT2D eigenvalue weighted by Gasteiger charge is 2.27. The Morgan fingerprint density at radius 2 is 1.73 bits per heavy atom. The number of carbonyl (C=O) groups excluding carboxylic acids is 2. The molecule has 4 rings (SSSR count). The molecule has 2 aliphatic rings. The minimum atomic E-state index is -0.427. The van der Waals surface area contributed by atoms with E-state index in [2.05, 4.69) is 23.6 Å². The Balaban J connectivity index is 1.53. The first-order valence-corrected chi connectivity index (χ1v) is 10.9. The number of nitrogens with zero attached hydrogens (tertiary/aromatic N) is 4. The Morgan fingerprint density at radius 3 is 2.47 bits per heavy atom. The lowest BCUT2D eigenvalue weighted by atomic mass is 9.96. The smallest absolute Gasteiger partial charge is 0.339 e. The SMILES string of the molecule is CCN1CCN(C(=O)COC(=O)c2c3c(nc4ccccc24)CCN(CC)C3)CC1. The van der Waals surface area contributed by atoms with E-state index in [1.54, 1.807) is 4.90 Å². The summed E-state index contributed by atoms with van der Waals surface area (Å²) in [7, 11) is 0. The molecular weight excluding hydrogens is 380 g/mol. The van der Waals surface area contributed by atoms with Gasteiger partial charge in [0, 0.05) is 62.3 Å². The third kappa shape index (κ3) is 4.18. The van der Waals surface area contributed by atoms with Crippen molar-refractivity contribution >= 4 is 22.8 Å². The van der Waals surface area contributed by atoms with Gasteiger partial charge in [-0.15, -0.1) is 0 Å². The van der Waals surface area contributed by atoms with E-state index in [-0.39, 0.29) is 12.5 Å². The highest BCUT2D eigenvalue weighted by molar-refractivity contribution is 6.05. The summed E-state index contributed by atoms with van der Waals surface area (Å²) in [6.07, 6.45) is 0.814. The van der Waals surface area contributed by atoms with Crippen LogP contribution in [-0.4, -0.2) is 84.0 Å². The number of pyridine rings is 1. The highest BCUT2D eigenvalue weighted by Crippen LogP contribution is 2.28. The molecule has 1 amide bonds. The zero-order valence-electron chi connectivity index (χ0n) is 17.9. The van der Waals surface area contributed by atoms with E-state index >= 15 is 0 Å². The Labute approximate surface area is 177 Å². The predicted octanol–water partition coefficient (Wildman–Crippen LogP) is 1.93. The average molecular weight is 411 g/mol. The third-order valence-electron chi connectivity index (χ3n) is 6.28. The number of fused-ring (bicyclic) bond motifs is 2. The van der Waals surface area contributed by atoms with E-state index in [1.807, 2.05) is 24.3 Å². The molecule has 2 aromatic rings. The number of rotatable bonds is 5. The van der Waals surface area contributed by atoms with E-state index in [1.165, 1.54) is 0 Å². The fourth-order valence-corrected chi connectivity index (χ4v) is 4.35. The van der Waals surface area contributed by atoms with Crippen LogP contribution in [0.25, 0.3) is 10.9 Å². The fourth-order valence-electron chi connectivity index (χ4n) is 4.35. The van der Waals surface area contributed by atoms with Gasteiger partial charge in [0.25, 0.3) is 5.91 Å². The molecule has 1 fully saturated rings. The van der Waals surface area contributed by atoms with Crippen molar-refractivity contribution in [1.82, 2.24) is 19.7 Å². The van der Waals surface area contributed by atoms with Gasteiger partial charge in [0.1, 0.15) is 0 Å². The van der Waals surface area contributed by atoms with Gasteiger partial charge in [-0.25, -0.2) is 4.79 Å². The van der Waals surface area contributed by atoms with Crippen molar-refractivity contribution < 1.29 is 14.3 Å². The van der Waals surface area contributed by atoms with E-state index < -0.39 is 5.97 Å². The van der Waals surface area contributed by atoms with Gasteiger partial charge in [-0.05, 0) is 19.2 Å². The summed E-state index contributed by atoms with van der Waals surface area (Å²) in [4.78, 5) is 36.9. The largest absolute Gasteiger partial charge is 0.452 e. The number of likely N-dealkylation sites (N-methyl/N-ethyl adjacent to an activating group) is 2. The predicted molar refractivity (Wildman–Crippen MR) is 115 cm³/mol. The summed E-state index contributed by atoms with van der Waals surface area (Å²) in [5.41, 5.74) is 3.27. The lowest BCUT2D eigenvalue weighted by molar-refractivity contribution is -0.136. The molecule has 0 spiro atoms. The zero-order chi connectivity index (χ0) is 21.1. The molecule has 0 bridgehead atoms. The number of benzene rings is 1. The van der Waals surface area contributed by atoms with Gasteiger partial charge in [-0.3, -0.25) is 14.7 Å². The lowest BCUT2D eigenvalue weighted by Crippen LogP contribution is -2.49. The molecule has 0 atom stereocenters. The Morgan fingerprint density at radius 1 is 1.00 bits per heavy atom. The molecule has 160 valence electrons. The quantitative estimate of drug-likeness (QED) is 0.702. The summed E-state index contributed by atoms with van der Waals surface area (Å²) in [5, 5.41) is 0.795. The Bertz CT molecular complexity index is 937. The van der Waals surface area contributed by atoms with Gasteiger partial charge in [0.15, 0.2) is 6.61 Å². The molecule has 0 radical (unpaired) electrons. The highest BCUT2D eigenvalue weighted by atomic mass is 16.5. The first-order chi connectivity index (χ1) is 14.6. The number of amides is 1. The van der Waals surface area contributed by atoms with Crippen LogP contribution < -0.4 is 0 Å². The van der Waals surface area contributed by atoms with Crippen molar-refractivity contribution in [2.45, 2.75) is 26.8 Å². The summed E-state index contributed by atoms with van der Waals surface area (Å²) >= 11 is 0. The second-order valence-electron chi connectivity index (χ2n) is 7.94. The summed E-state index contributed by atoms with van der Waals surface area (Å²) in [6, 6.07) is 7.68. The maximum absolute atomic E-state index is 13.2. The minimum absolute atomic E-state index is 0.124. The van der Waals surface area contributed by atoms with Gasteiger partial charge in [0.05, 0.1) is 11.1 Å². The van der Waals surface area contributed by atoms with Crippen LogP contribution in [0.3, 0.4) is 0 Å². The van der Waals surface area contributed by atoms with Gasteiger partial charge in [-0.2, -0.15) is 0 Å². The molecule has 7 nitrogen and oxygen atoms in total. The zero-order valence-corrected chi connectivity index (χ0v) is 17.9. The molecule has 1 aromatic heterocycles. The van der Waals surface area contributed by atoms with Crippen LogP contribution in [-0.2, 0) is 22.5 Å². The van der Waals surface area contributed by atoms with Crippen LogP contribution in [0.2, 0.25) is 0 Å². The normalized spacial score (nSPS) is 17.7. The molecule has 7 heteroatoms. The average Bonchev–Trinajstić information content (AvgIpc) is 2.80. The van der Waals surface area contributed by atoms with Gasteiger partial charge in [0.2, 0.25) is 0 Å². The topological polar surface area (TPSA) is 66.0 Å². The molecule has 30 heavy (non-hydrogen) atoms. The van der Waals surface area contributed by atoms with Crippen molar-refractivity contribution in [3.8, 4) is 0 Å². The van der Waals surface area contributed by atoms with Crippen molar-refractivity contribution in [2.24, 2.45) is 0 Å². The summed E-state index contributed by atoms with van der Waals surface area (Å²) in [5.74, 6) is -0.551. The molecule has 0 N–H and O–H groups in total. The van der Waals surface area contributed by atoms with Crippen molar-refractivity contribution in [3.63, 3.8) is 0 Å². The molecule has 2 aliphatic heterocycles. The second kappa shape index (κ2) is 9.10. The van der Waals surface area contributed by atoms with Gasteiger partial charge >= 0.3 is 5.97 Å². The van der Waals surface area contributed by atoms with Crippen LogP contribution in [0, 0.1) is 0 Å². The van der Waals surface area contributed by atoms with Crippen LogP contribution >= 0.6 is 0 Å². The number of ether oxygens (including phenoxy) is 1. The Kier molecular flexibility index (Phi) is 6.29. The number of para-hydroxylation sites is 1. The number of hydrogen-bond donors (Lipinski definition) is 0. The number of hydrogen-bond acceptors (Lipinski definition) is 6. The first kappa shape index (κ1) is 20.8. The first-order valence-electron chi connectivity index (χ1n) is 10.9. The van der Waals surface area contributed by atoms with E-state index in [0.29, 0.717) is 25.2 Å². The number of carbonyl (C=O) groups is 2. The minimum Gasteiger partial charge on any atom is -0.452 e. The maximum Gasteiger partial charge on any atom is 0.339 e. The van der Waals surface area contributed by atoms with Crippen LogP contribution in [0.4, 0.5) is 0 Å². The van der Waals surface area contributed by atoms with Crippen LogP contribution in [0.5, 0.6) is 0 Å². The van der Waals surface area contributed by atoms with Crippen LogP contribution in [0.1, 0.15) is 35.5 Å².